The van der Waals surface area contributed by atoms with Crippen LogP contribution in [0.3, 0.4) is 0 Å². The second kappa shape index (κ2) is 5.65. The zero-order valence-electron chi connectivity index (χ0n) is 11.2. The molecule has 2 rings (SSSR count). The van der Waals surface area contributed by atoms with E-state index in [1.807, 2.05) is 18.8 Å². The van der Waals surface area contributed by atoms with E-state index >= 15 is 0 Å². The molecular formula is C13H24N4. The van der Waals surface area contributed by atoms with Crippen molar-refractivity contribution in [1.82, 2.24) is 20.0 Å². The minimum Gasteiger partial charge on any atom is -0.319 e. The average Bonchev–Trinajstić information content (AvgIpc) is 2.61. The maximum atomic E-state index is 4.40. The number of rotatable bonds is 4. The first kappa shape index (κ1) is 12.6. The Bertz CT molecular complexity index is 350. The van der Waals surface area contributed by atoms with Crippen molar-refractivity contribution in [2.45, 2.75) is 26.3 Å². The summed E-state index contributed by atoms with van der Waals surface area (Å²) in [5.41, 5.74) is 2.55. The van der Waals surface area contributed by atoms with Crippen molar-refractivity contribution in [1.29, 1.82) is 0 Å². The zero-order chi connectivity index (χ0) is 12.3. The van der Waals surface area contributed by atoms with Gasteiger partial charge in [-0.05, 0) is 52.4 Å². The Hall–Kier alpha value is -0.870. The summed E-state index contributed by atoms with van der Waals surface area (Å²) in [6, 6.07) is 0. The van der Waals surface area contributed by atoms with Gasteiger partial charge in [0.05, 0.1) is 5.69 Å². The molecule has 0 spiro atoms. The van der Waals surface area contributed by atoms with Gasteiger partial charge in [-0.3, -0.25) is 9.58 Å². The minimum atomic E-state index is 0.867. The van der Waals surface area contributed by atoms with E-state index in [1.54, 1.807) is 0 Å². The van der Waals surface area contributed by atoms with Crippen LogP contribution >= 0.6 is 0 Å². The molecule has 0 radical (unpaired) electrons. The van der Waals surface area contributed by atoms with Gasteiger partial charge in [0, 0.05) is 25.4 Å². The molecule has 0 unspecified atom stereocenters. The van der Waals surface area contributed by atoms with Crippen LogP contribution in [0.15, 0.2) is 6.20 Å². The van der Waals surface area contributed by atoms with Crippen molar-refractivity contribution in [3.63, 3.8) is 0 Å². The fourth-order valence-electron chi connectivity index (χ4n) is 2.68. The monoisotopic (exact) mass is 236 g/mol. The smallest absolute Gasteiger partial charge is 0.0638 e. The van der Waals surface area contributed by atoms with Gasteiger partial charge in [-0.25, -0.2) is 0 Å². The topological polar surface area (TPSA) is 33.1 Å². The van der Waals surface area contributed by atoms with Crippen molar-refractivity contribution in [3.05, 3.63) is 17.5 Å². The summed E-state index contributed by atoms with van der Waals surface area (Å²) in [5, 5.41) is 7.68. The van der Waals surface area contributed by atoms with Crippen LogP contribution in [0.5, 0.6) is 0 Å². The molecule has 1 aromatic heterocycles. The Kier molecular flexibility index (Phi) is 4.18. The summed E-state index contributed by atoms with van der Waals surface area (Å²) < 4.78 is 1.92. The number of aryl methyl sites for hydroxylation is 2. The third kappa shape index (κ3) is 3.30. The van der Waals surface area contributed by atoms with Crippen LogP contribution in [-0.2, 0) is 13.6 Å². The number of hydrogen-bond donors (Lipinski definition) is 1. The van der Waals surface area contributed by atoms with E-state index in [2.05, 4.69) is 28.4 Å². The lowest BCUT2D eigenvalue weighted by molar-refractivity contribution is 0.176. The molecule has 1 aromatic rings. The van der Waals surface area contributed by atoms with E-state index in [0.717, 1.165) is 12.5 Å². The highest BCUT2D eigenvalue weighted by Crippen LogP contribution is 2.19. The maximum absolute atomic E-state index is 4.40. The molecule has 1 aliphatic heterocycles. The van der Waals surface area contributed by atoms with Crippen LogP contribution < -0.4 is 5.32 Å². The van der Waals surface area contributed by atoms with E-state index in [0.29, 0.717) is 0 Å². The van der Waals surface area contributed by atoms with Crippen LogP contribution in [0.2, 0.25) is 0 Å². The number of nitrogens with zero attached hydrogens (tertiary/aromatic N) is 3. The van der Waals surface area contributed by atoms with Gasteiger partial charge in [-0.15, -0.1) is 0 Å². The number of aromatic nitrogens is 2. The lowest BCUT2D eigenvalue weighted by atomic mass is 9.96. The number of hydrogen-bond acceptors (Lipinski definition) is 3. The number of nitrogens with one attached hydrogen (secondary N) is 1. The third-order valence-corrected chi connectivity index (χ3v) is 3.71. The van der Waals surface area contributed by atoms with Gasteiger partial charge in [-0.1, -0.05) is 0 Å². The summed E-state index contributed by atoms with van der Waals surface area (Å²) in [5.74, 6) is 0.867. The highest BCUT2D eigenvalue weighted by molar-refractivity contribution is 5.15. The molecule has 17 heavy (non-hydrogen) atoms. The highest BCUT2D eigenvalue weighted by Gasteiger charge is 2.19. The molecule has 0 bridgehead atoms. The van der Waals surface area contributed by atoms with Gasteiger partial charge in [0.25, 0.3) is 0 Å². The summed E-state index contributed by atoms with van der Waals surface area (Å²) in [7, 11) is 4.04. The summed E-state index contributed by atoms with van der Waals surface area (Å²) >= 11 is 0. The molecule has 0 aliphatic carbocycles. The van der Waals surface area contributed by atoms with Gasteiger partial charge in [0.15, 0.2) is 0 Å². The van der Waals surface area contributed by atoms with Gasteiger partial charge >= 0.3 is 0 Å². The predicted molar refractivity (Wildman–Crippen MR) is 69.9 cm³/mol. The molecule has 1 saturated heterocycles. The molecular weight excluding hydrogens is 212 g/mol. The molecule has 2 heterocycles. The second-order valence-electron chi connectivity index (χ2n) is 5.19. The van der Waals surface area contributed by atoms with Crippen LogP contribution in [0, 0.1) is 12.8 Å². The normalized spacial score (nSPS) is 18.8. The molecule has 0 amide bonds. The molecule has 1 N–H and O–H groups in total. The molecule has 4 nitrogen and oxygen atoms in total. The maximum Gasteiger partial charge on any atom is 0.0638 e. The summed E-state index contributed by atoms with van der Waals surface area (Å²) in [6.45, 7) is 6.77. The Morgan fingerprint density at radius 2 is 2.12 bits per heavy atom. The van der Waals surface area contributed by atoms with Crippen molar-refractivity contribution >= 4 is 0 Å². The Morgan fingerprint density at radius 3 is 2.65 bits per heavy atom. The van der Waals surface area contributed by atoms with E-state index in [9.17, 15) is 0 Å². The fourth-order valence-corrected chi connectivity index (χ4v) is 2.68. The van der Waals surface area contributed by atoms with Crippen LogP contribution in [-0.4, -0.2) is 41.4 Å². The lowest BCUT2D eigenvalue weighted by Gasteiger charge is -2.31. The van der Waals surface area contributed by atoms with Gasteiger partial charge in [-0.2, -0.15) is 5.10 Å². The first-order valence-corrected chi connectivity index (χ1v) is 6.55. The molecule has 1 aliphatic rings. The van der Waals surface area contributed by atoms with E-state index in [4.69, 9.17) is 0 Å². The number of piperidine rings is 1. The van der Waals surface area contributed by atoms with Gasteiger partial charge in [0.1, 0.15) is 0 Å². The zero-order valence-corrected chi connectivity index (χ0v) is 11.2. The van der Waals surface area contributed by atoms with Crippen molar-refractivity contribution in [2.24, 2.45) is 13.0 Å². The molecule has 4 heteroatoms. The summed E-state index contributed by atoms with van der Waals surface area (Å²) in [6.07, 6.45) is 4.79. The van der Waals surface area contributed by atoms with Crippen LogP contribution in [0.25, 0.3) is 0 Å². The van der Waals surface area contributed by atoms with Gasteiger partial charge in [0.2, 0.25) is 0 Å². The Labute approximate surface area is 104 Å². The molecule has 96 valence electrons. The van der Waals surface area contributed by atoms with Crippen molar-refractivity contribution < 1.29 is 0 Å². The first-order valence-electron chi connectivity index (χ1n) is 6.55. The summed E-state index contributed by atoms with van der Waals surface area (Å²) in [4.78, 5) is 2.55. The van der Waals surface area contributed by atoms with Crippen molar-refractivity contribution in [2.75, 3.05) is 26.7 Å². The molecule has 0 aromatic carbocycles. The van der Waals surface area contributed by atoms with Crippen LogP contribution in [0.1, 0.15) is 24.1 Å². The Balaban J connectivity index is 1.84. The third-order valence-electron chi connectivity index (χ3n) is 3.71. The minimum absolute atomic E-state index is 0.867. The highest BCUT2D eigenvalue weighted by atomic mass is 15.3. The lowest BCUT2D eigenvalue weighted by Crippen LogP contribution is -2.36. The molecule has 1 fully saturated rings. The fraction of sp³-hybridized carbons (Fsp3) is 0.769. The van der Waals surface area contributed by atoms with E-state index < -0.39 is 0 Å². The molecule has 0 saturated carbocycles. The Morgan fingerprint density at radius 1 is 1.41 bits per heavy atom. The SMILES string of the molecule is CNCC1CCN(Cc2cn(C)nc2C)CC1. The largest absolute Gasteiger partial charge is 0.319 e. The van der Waals surface area contributed by atoms with Crippen LogP contribution in [0.4, 0.5) is 0 Å². The second-order valence-corrected chi connectivity index (χ2v) is 5.19. The predicted octanol–water partition coefficient (Wildman–Crippen LogP) is 1.16. The standard InChI is InChI=1S/C13H24N4/c1-11-13(9-16(3)15-11)10-17-6-4-12(5-7-17)8-14-2/h9,12,14H,4-8,10H2,1-3H3. The van der Waals surface area contributed by atoms with E-state index in [1.165, 1.54) is 43.7 Å². The van der Waals surface area contributed by atoms with Gasteiger partial charge < -0.3 is 5.32 Å². The average molecular weight is 236 g/mol. The quantitative estimate of drug-likeness (QED) is 0.851. The molecule has 0 atom stereocenters. The number of likely N-dealkylation sites (tertiary alicyclic amines) is 1. The van der Waals surface area contributed by atoms with Crippen molar-refractivity contribution in [3.8, 4) is 0 Å². The van der Waals surface area contributed by atoms with E-state index in [-0.39, 0.29) is 0 Å². The first-order chi connectivity index (χ1) is 8.19.